The zero-order valence-electron chi connectivity index (χ0n) is 16.1. The highest BCUT2D eigenvalue weighted by atomic mass is 16.6. The van der Waals surface area contributed by atoms with Crippen LogP contribution < -0.4 is 10.2 Å². The average molecular weight is 381 g/mol. The number of hydrogen-bond acceptors (Lipinski definition) is 5. The molecule has 0 fully saturated rings. The Bertz CT molecular complexity index is 899. The van der Waals surface area contributed by atoms with E-state index in [1.807, 2.05) is 24.3 Å². The number of allylic oxidation sites excluding steroid dienone is 1. The van der Waals surface area contributed by atoms with Gasteiger partial charge in [0.05, 0.1) is 10.5 Å². The summed E-state index contributed by atoms with van der Waals surface area (Å²) in [6.07, 6.45) is 4.40. The van der Waals surface area contributed by atoms with Gasteiger partial charge in [-0.2, -0.15) is 5.10 Å². The standard InChI is InChI=1S/C21H23N3O4/c1-21(2,3)17-11-5-7-13-19(17)28-15-20(25)23-22-14-8-10-16-9-4-6-12-18(16)24(26)27/h4-14H,15H2,1-3H3,(H,23,25)/b10-8+,22-14+. The number of carbonyl (C=O) groups is 1. The van der Waals surface area contributed by atoms with Crippen molar-refractivity contribution in [1.29, 1.82) is 0 Å². The molecule has 0 radical (unpaired) electrons. The van der Waals surface area contributed by atoms with E-state index in [0.29, 0.717) is 11.3 Å². The van der Waals surface area contributed by atoms with E-state index in [4.69, 9.17) is 4.74 Å². The van der Waals surface area contributed by atoms with Gasteiger partial charge < -0.3 is 4.74 Å². The maximum Gasteiger partial charge on any atom is 0.277 e. The topological polar surface area (TPSA) is 93.8 Å². The molecule has 0 aromatic heterocycles. The van der Waals surface area contributed by atoms with Crippen molar-refractivity contribution in [2.75, 3.05) is 6.61 Å². The summed E-state index contributed by atoms with van der Waals surface area (Å²) in [5.41, 5.74) is 3.72. The van der Waals surface area contributed by atoms with Gasteiger partial charge in [0.15, 0.2) is 6.61 Å². The minimum atomic E-state index is -0.453. The van der Waals surface area contributed by atoms with Gasteiger partial charge in [-0.3, -0.25) is 14.9 Å². The second-order valence-corrected chi connectivity index (χ2v) is 7.02. The molecule has 0 saturated carbocycles. The number of rotatable bonds is 7. The van der Waals surface area contributed by atoms with Crippen molar-refractivity contribution in [3.8, 4) is 5.75 Å². The summed E-state index contributed by atoms with van der Waals surface area (Å²) < 4.78 is 5.61. The Kier molecular flexibility index (Phi) is 7.03. The normalized spacial score (nSPS) is 11.7. The monoisotopic (exact) mass is 381 g/mol. The summed E-state index contributed by atoms with van der Waals surface area (Å²) in [7, 11) is 0. The number of hydrogen-bond donors (Lipinski definition) is 1. The van der Waals surface area contributed by atoms with Crippen molar-refractivity contribution < 1.29 is 14.5 Å². The second kappa shape index (κ2) is 9.45. The fourth-order valence-electron chi connectivity index (χ4n) is 2.48. The zero-order chi connectivity index (χ0) is 20.6. The highest BCUT2D eigenvalue weighted by molar-refractivity contribution is 5.82. The second-order valence-electron chi connectivity index (χ2n) is 7.02. The molecule has 0 unspecified atom stereocenters. The van der Waals surface area contributed by atoms with Gasteiger partial charge in [0.1, 0.15) is 5.75 Å². The van der Waals surface area contributed by atoms with Crippen LogP contribution in [0.3, 0.4) is 0 Å². The Morgan fingerprint density at radius 3 is 2.57 bits per heavy atom. The highest BCUT2D eigenvalue weighted by Gasteiger charge is 2.18. The van der Waals surface area contributed by atoms with Crippen LogP contribution in [0.5, 0.6) is 5.75 Å². The molecule has 0 aliphatic rings. The van der Waals surface area contributed by atoms with Crippen LogP contribution in [-0.4, -0.2) is 23.7 Å². The summed E-state index contributed by atoms with van der Waals surface area (Å²) in [5, 5.41) is 14.7. The molecule has 1 N–H and O–H groups in total. The Hall–Kier alpha value is -3.48. The molecule has 28 heavy (non-hydrogen) atoms. The fraction of sp³-hybridized carbons (Fsp3) is 0.238. The fourth-order valence-corrected chi connectivity index (χ4v) is 2.48. The van der Waals surface area contributed by atoms with Gasteiger partial charge in [0.2, 0.25) is 0 Å². The van der Waals surface area contributed by atoms with Crippen LogP contribution in [0.4, 0.5) is 5.69 Å². The van der Waals surface area contributed by atoms with Gasteiger partial charge in [-0.1, -0.05) is 51.1 Å². The summed E-state index contributed by atoms with van der Waals surface area (Å²) >= 11 is 0. The Balaban J connectivity index is 1.88. The molecule has 146 valence electrons. The first kappa shape index (κ1) is 20.8. The Labute approximate surface area is 163 Å². The third-order valence-corrected chi connectivity index (χ3v) is 3.81. The number of nitrogens with zero attached hydrogens (tertiary/aromatic N) is 2. The molecule has 0 bridgehead atoms. The van der Waals surface area contributed by atoms with E-state index in [2.05, 4.69) is 31.3 Å². The predicted octanol–water partition coefficient (Wildman–Crippen LogP) is 4.09. The molecule has 1 amide bonds. The number of nitrogens with one attached hydrogen (secondary N) is 1. The van der Waals surface area contributed by atoms with E-state index < -0.39 is 10.8 Å². The molecule has 0 spiro atoms. The van der Waals surface area contributed by atoms with Crippen LogP contribution >= 0.6 is 0 Å². The number of amides is 1. The summed E-state index contributed by atoms with van der Waals surface area (Å²) in [6, 6.07) is 13.9. The lowest BCUT2D eigenvalue weighted by Gasteiger charge is -2.22. The van der Waals surface area contributed by atoms with Crippen LogP contribution in [0.25, 0.3) is 6.08 Å². The largest absolute Gasteiger partial charge is 0.483 e. The van der Waals surface area contributed by atoms with Crippen molar-refractivity contribution in [3.05, 3.63) is 75.8 Å². The summed E-state index contributed by atoms with van der Waals surface area (Å²) in [4.78, 5) is 22.4. The van der Waals surface area contributed by atoms with Crippen LogP contribution in [0.2, 0.25) is 0 Å². The number of hydrazone groups is 1. The Morgan fingerprint density at radius 1 is 1.18 bits per heavy atom. The number of benzene rings is 2. The van der Waals surface area contributed by atoms with Crippen LogP contribution in [0, 0.1) is 10.1 Å². The molecule has 2 aromatic carbocycles. The molecule has 0 saturated heterocycles. The van der Waals surface area contributed by atoms with Gasteiger partial charge in [-0.15, -0.1) is 0 Å². The van der Waals surface area contributed by atoms with Gasteiger partial charge in [-0.05, 0) is 35.3 Å². The predicted molar refractivity (Wildman–Crippen MR) is 109 cm³/mol. The van der Waals surface area contributed by atoms with E-state index in [0.717, 1.165) is 5.56 Å². The maximum absolute atomic E-state index is 11.9. The SMILES string of the molecule is CC(C)(C)c1ccccc1OCC(=O)N/N=C/C=C/c1ccccc1[N+](=O)[O-]. The lowest BCUT2D eigenvalue weighted by Crippen LogP contribution is -2.25. The molecule has 0 aliphatic heterocycles. The average Bonchev–Trinajstić information content (AvgIpc) is 2.66. The quantitative estimate of drug-likeness (QED) is 0.444. The van der Waals surface area contributed by atoms with E-state index >= 15 is 0 Å². The van der Waals surface area contributed by atoms with E-state index in [9.17, 15) is 14.9 Å². The van der Waals surface area contributed by atoms with Crippen molar-refractivity contribution in [2.45, 2.75) is 26.2 Å². The molecular weight excluding hydrogens is 358 g/mol. The lowest BCUT2D eigenvalue weighted by atomic mass is 9.86. The van der Waals surface area contributed by atoms with Crippen LogP contribution in [0.15, 0.2) is 59.7 Å². The first-order valence-electron chi connectivity index (χ1n) is 8.73. The molecule has 7 heteroatoms. The summed E-state index contributed by atoms with van der Waals surface area (Å²) in [6.45, 7) is 6.05. The van der Waals surface area contributed by atoms with E-state index in [-0.39, 0.29) is 17.7 Å². The number of ether oxygens (including phenoxy) is 1. The number of nitro groups is 1. The maximum atomic E-state index is 11.9. The third-order valence-electron chi connectivity index (χ3n) is 3.81. The smallest absolute Gasteiger partial charge is 0.277 e. The van der Waals surface area contributed by atoms with Crippen molar-refractivity contribution in [3.63, 3.8) is 0 Å². The molecule has 0 heterocycles. The molecule has 0 aliphatic carbocycles. The van der Waals surface area contributed by atoms with Crippen molar-refractivity contribution in [2.24, 2.45) is 5.10 Å². The van der Waals surface area contributed by atoms with E-state index in [1.165, 1.54) is 18.4 Å². The molecule has 7 nitrogen and oxygen atoms in total. The van der Waals surface area contributed by atoms with Gasteiger partial charge in [-0.25, -0.2) is 5.43 Å². The van der Waals surface area contributed by atoms with E-state index in [1.54, 1.807) is 24.3 Å². The lowest BCUT2D eigenvalue weighted by molar-refractivity contribution is -0.385. The van der Waals surface area contributed by atoms with Gasteiger partial charge in [0, 0.05) is 12.3 Å². The first-order valence-corrected chi connectivity index (χ1v) is 8.73. The number of nitro benzene ring substituents is 1. The minimum absolute atomic E-state index is 0.00194. The van der Waals surface area contributed by atoms with Crippen molar-refractivity contribution >= 4 is 23.9 Å². The molecular formula is C21H23N3O4. The van der Waals surface area contributed by atoms with Gasteiger partial charge in [0.25, 0.3) is 11.6 Å². The third kappa shape index (κ3) is 6.05. The zero-order valence-corrected chi connectivity index (χ0v) is 16.1. The molecule has 2 aromatic rings. The number of carbonyl (C=O) groups excluding carboxylic acids is 1. The number of para-hydroxylation sites is 2. The van der Waals surface area contributed by atoms with Gasteiger partial charge >= 0.3 is 0 Å². The molecule has 0 atom stereocenters. The first-order chi connectivity index (χ1) is 13.3. The minimum Gasteiger partial charge on any atom is -0.483 e. The van der Waals surface area contributed by atoms with Crippen LogP contribution in [-0.2, 0) is 10.2 Å². The highest BCUT2D eigenvalue weighted by Crippen LogP contribution is 2.30. The molecule has 2 rings (SSSR count). The Morgan fingerprint density at radius 2 is 1.86 bits per heavy atom. The van der Waals surface area contributed by atoms with Crippen molar-refractivity contribution in [1.82, 2.24) is 5.43 Å². The van der Waals surface area contributed by atoms with Crippen LogP contribution in [0.1, 0.15) is 31.9 Å². The summed E-state index contributed by atoms with van der Waals surface area (Å²) in [5.74, 6) is 0.254.